The van der Waals surface area contributed by atoms with E-state index in [1.54, 1.807) is 6.20 Å². The Labute approximate surface area is 129 Å². The number of imidazole rings is 1. The minimum Gasteiger partial charge on any atom is -0.326 e. The minimum absolute atomic E-state index is 0.00513. The van der Waals surface area contributed by atoms with E-state index in [0.29, 0.717) is 5.78 Å². The van der Waals surface area contributed by atoms with E-state index in [-0.39, 0.29) is 11.8 Å². The summed E-state index contributed by atoms with van der Waals surface area (Å²) in [6, 6.07) is 9.61. The molecule has 0 bridgehead atoms. The van der Waals surface area contributed by atoms with Crippen LogP contribution in [0, 0.1) is 12.8 Å². The van der Waals surface area contributed by atoms with Crippen molar-refractivity contribution in [2.45, 2.75) is 20.8 Å². The fraction of sp³-hybridized carbons (Fsp3) is 0.235. The molecule has 5 nitrogen and oxygen atoms in total. The first kappa shape index (κ1) is 14.3. The van der Waals surface area contributed by atoms with Gasteiger partial charge in [0.1, 0.15) is 0 Å². The molecule has 0 aliphatic carbocycles. The highest BCUT2D eigenvalue weighted by Gasteiger charge is 2.12. The van der Waals surface area contributed by atoms with E-state index in [4.69, 9.17) is 0 Å². The molecule has 0 saturated carbocycles. The summed E-state index contributed by atoms with van der Waals surface area (Å²) >= 11 is 0. The Bertz CT molecular complexity index is 836. The van der Waals surface area contributed by atoms with Gasteiger partial charge in [0.2, 0.25) is 11.7 Å². The van der Waals surface area contributed by atoms with Crippen LogP contribution in [0.3, 0.4) is 0 Å². The molecule has 0 fully saturated rings. The smallest absolute Gasteiger partial charge is 0.234 e. The van der Waals surface area contributed by atoms with Gasteiger partial charge in [-0.25, -0.2) is 9.97 Å². The summed E-state index contributed by atoms with van der Waals surface area (Å²) < 4.78 is 1.95. The van der Waals surface area contributed by atoms with Crippen LogP contribution in [0.5, 0.6) is 0 Å². The molecule has 112 valence electrons. The number of benzene rings is 1. The van der Waals surface area contributed by atoms with Crippen molar-refractivity contribution in [3.63, 3.8) is 0 Å². The molecule has 2 aromatic heterocycles. The molecular formula is C17H18N4O. The van der Waals surface area contributed by atoms with Gasteiger partial charge in [0.25, 0.3) is 0 Å². The van der Waals surface area contributed by atoms with Crippen LogP contribution in [0.1, 0.15) is 19.5 Å². The summed E-state index contributed by atoms with van der Waals surface area (Å²) in [5.41, 5.74) is 3.64. The standard InChI is InChI=1S/C17H18N4O/c1-11(2)16(22)19-14-7-4-6-13(10-14)15-12(3)21-9-5-8-18-17(21)20-15/h4-11H,1-3H3,(H,19,22). The summed E-state index contributed by atoms with van der Waals surface area (Å²) in [5, 5.41) is 2.92. The number of carbonyl (C=O) groups is 1. The Balaban J connectivity index is 2.00. The molecule has 2 heterocycles. The lowest BCUT2D eigenvalue weighted by Gasteiger charge is -2.09. The van der Waals surface area contributed by atoms with Crippen LogP contribution in [0.4, 0.5) is 5.69 Å². The van der Waals surface area contributed by atoms with E-state index in [1.165, 1.54) is 0 Å². The molecule has 1 N–H and O–H groups in total. The number of rotatable bonds is 3. The molecule has 0 spiro atoms. The largest absolute Gasteiger partial charge is 0.326 e. The molecule has 0 unspecified atom stereocenters. The normalized spacial score (nSPS) is 11.1. The van der Waals surface area contributed by atoms with Gasteiger partial charge >= 0.3 is 0 Å². The third-order valence-corrected chi connectivity index (χ3v) is 3.57. The van der Waals surface area contributed by atoms with Gasteiger partial charge in [-0.2, -0.15) is 0 Å². The second-order valence-corrected chi connectivity index (χ2v) is 5.56. The molecule has 1 aromatic carbocycles. The zero-order valence-corrected chi connectivity index (χ0v) is 12.9. The number of nitrogens with zero attached hydrogens (tertiary/aromatic N) is 3. The van der Waals surface area contributed by atoms with Crippen molar-refractivity contribution in [3.05, 3.63) is 48.4 Å². The van der Waals surface area contributed by atoms with Crippen LogP contribution in [-0.2, 0) is 4.79 Å². The van der Waals surface area contributed by atoms with E-state index >= 15 is 0 Å². The molecule has 3 aromatic rings. The number of hydrogen-bond donors (Lipinski definition) is 1. The van der Waals surface area contributed by atoms with Gasteiger partial charge in [-0.05, 0) is 25.1 Å². The van der Waals surface area contributed by atoms with E-state index in [1.807, 2.05) is 61.7 Å². The van der Waals surface area contributed by atoms with Crippen molar-refractivity contribution in [2.75, 3.05) is 5.32 Å². The third kappa shape index (κ3) is 2.57. The van der Waals surface area contributed by atoms with Gasteiger partial charge in [0.05, 0.1) is 5.69 Å². The van der Waals surface area contributed by atoms with E-state index in [0.717, 1.165) is 22.6 Å². The highest BCUT2D eigenvalue weighted by Crippen LogP contribution is 2.25. The fourth-order valence-electron chi connectivity index (χ4n) is 2.31. The van der Waals surface area contributed by atoms with Crippen LogP contribution in [-0.4, -0.2) is 20.3 Å². The van der Waals surface area contributed by atoms with Gasteiger partial charge in [-0.3, -0.25) is 9.20 Å². The highest BCUT2D eigenvalue weighted by molar-refractivity contribution is 5.92. The van der Waals surface area contributed by atoms with Crippen LogP contribution < -0.4 is 5.32 Å². The second kappa shape index (κ2) is 5.60. The number of aryl methyl sites for hydroxylation is 1. The average molecular weight is 294 g/mol. The van der Waals surface area contributed by atoms with Crippen molar-refractivity contribution in [2.24, 2.45) is 5.92 Å². The third-order valence-electron chi connectivity index (χ3n) is 3.57. The maximum atomic E-state index is 11.8. The minimum atomic E-state index is -0.0511. The molecule has 3 rings (SSSR count). The number of fused-ring (bicyclic) bond motifs is 1. The first-order chi connectivity index (χ1) is 10.6. The van der Waals surface area contributed by atoms with E-state index in [2.05, 4.69) is 15.3 Å². The topological polar surface area (TPSA) is 59.3 Å². The maximum Gasteiger partial charge on any atom is 0.234 e. The first-order valence-corrected chi connectivity index (χ1v) is 7.27. The van der Waals surface area contributed by atoms with Crippen molar-refractivity contribution in [1.29, 1.82) is 0 Å². The predicted octanol–water partition coefficient (Wildman–Crippen LogP) is 3.30. The van der Waals surface area contributed by atoms with E-state index in [9.17, 15) is 4.79 Å². The quantitative estimate of drug-likeness (QED) is 0.806. The molecule has 0 aliphatic heterocycles. The first-order valence-electron chi connectivity index (χ1n) is 7.27. The lowest BCUT2D eigenvalue weighted by molar-refractivity contribution is -0.118. The number of nitrogens with one attached hydrogen (secondary N) is 1. The van der Waals surface area contributed by atoms with Gasteiger partial charge in [0, 0.05) is 35.3 Å². The van der Waals surface area contributed by atoms with Gasteiger partial charge in [0.15, 0.2) is 0 Å². The van der Waals surface area contributed by atoms with Gasteiger partial charge in [-0.1, -0.05) is 26.0 Å². The van der Waals surface area contributed by atoms with Crippen LogP contribution >= 0.6 is 0 Å². The van der Waals surface area contributed by atoms with E-state index < -0.39 is 0 Å². The Morgan fingerprint density at radius 1 is 1.27 bits per heavy atom. The summed E-state index contributed by atoms with van der Waals surface area (Å²) in [5.74, 6) is 0.627. The average Bonchev–Trinajstić information content (AvgIpc) is 2.85. The summed E-state index contributed by atoms with van der Waals surface area (Å²) in [4.78, 5) is 20.7. The fourth-order valence-corrected chi connectivity index (χ4v) is 2.31. The summed E-state index contributed by atoms with van der Waals surface area (Å²) in [6.45, 7) is 5.75. The molecule has 22 heavy (non-hydrogen) atoms. The van der Waals surface area contributed by atoms with Gasteiger partial charge in [-0.15, -0.1) is 0 Å². The lowest BCUT2D eigenvalue weighted by Crippen LogP contribution is -2.17. The zero-order valence-electron chi connectivity index (χ0n) is 12.9. The Morgan fingerprint density at radius 3 is 2.82 bits per heavy atom. The van der Waals surface area contributed by atoms with Crippen LogP contribution in [0.2, 0.25) is 0 Å². The Kier molecular flexibility index (Phi) is 3.63. The predicted molar refractivity (Wildman–Crippen MR) is 86.6 cm³/mol. The SMILES string of the molecule is Cc1c(-c2cccc(NC(=O)C(C)C)c2)nc2ncccn12. The van der Waals surface area contributed by atoms with Crippen molar-refractivity contribution < 1.29 is 4.79 Å². The van der Waals surface area contributed by atoms with Gasteiger partial charge < -0.3 is 5.32 Å². The zero-order chi connectivity index (χ0) is 15.7. The molecule has 5 heteroatoms. The van der Waals surface area contributed by atoms with Crippen molar-refractivity contribution in [1.82, 2.24) is 14.4 Å². The highest BCUT2D eigenvalue weighted by atomic mass is 16.1. The van der Waals surface area contributed by atoms with Crippen molar-refractivity contribution >= 4 is 17.4 Å². The molecule has 1 amide bonds. The molecular weight excluding hydrogens is 276 g/mol. The monoisotopic (exact) mass is 294 g/mol. The van der Waals surface area contributed by atoms with Crippen LogP contribution in [0.15, 0.2) is 42.7 Å². The summed E-state index contributed by atoms with van der Waals surface area (Å²) in [7, 11) is 0. The molecule has 0 radical (unpaired) electrons. The Hall–Kier alpha value is -2.69. The number of aromatic nitrogens is 3. The number of anilines is 1. The molecule has 0 aliphatic rings. The molecule has 0 atom stereocenters. The number of carbonyl (C=O) groups excluding carboxylic acids is 1. The number of hydrogen-bond acceptors (Lipinski definition) is 3. The lowest BCUT2D eigenvalue weighted by atomic mass is 10.1. The maximum absolute atomic E-state index is 11.8. The van der Waals surface area contributed by atoms with Crippen LogP contribution in [0.25, 0.3) is 17.0 Å². The summed E-state index contributed by atoms with van der Waals surface area (Å²) in [6.07, 6.45) is 3.67. The molecule has 0 saturated heterocycles. The second-order valence-electron chi connectivity index (χ2n) is 5.56. The van der Waals surface area contributed by atoms with Crippen molar-refractivity contribution in [3.8, 4) is 11.3 Å². The Morgan fingerprint density at radius 2 is 2.09 bits per heavy atom. The number of amides is 1.